The van der Waals surface area contributed by atoms with Crippen molar-refractivity contribution in [2.24, 2.45) is 4.99 Å². The SMILES string of the molecule is N#Cc1ccc(C([O-])=NC(c2ccc(Cl)c(Cl)c2)c2cnc(Cl)cn2)cc1F. The van der Waals surface area contributed by atoms with E-state index in [1.54, 1.807) is 24.3 Å². The van der Waals surface area contributed by atoms with Crippen molar-refractivity contribution in [1.29, 1.82) is 5.26 Å². The summed E-state index contributed by atoms with van der Waals surface area (Å²) in [6.45, 7) is 0. The average molecular weight is 435 g/mol. The first-order valence-electron chi connectivity index (χ1n) is 7.76. The molecule has 0 bridgehead atoms. The molecule has 3 rings (SSSR count). The van der Waals surface area contributed by atoms with E-state index < -0.39 is 17.8 Å². The molecule has 0 spiro atoms. The molecule has 1 aromatic heterocycles. The van der Waals surface area contributed by atoms with E-state index in [1.807, 2.05) is 0 Å². The normalized spacial score (nSPS) is 12.5. The van der Waals surface area contributed by atoms with Gasteiger partial charge in [0.05, 0.1) is 33.7 Å². The predicted molar refractivity (Wildman–Crippen MR) is 103 cm³/mol. The molecule has 0 aliphatic rings. The van der Waals surface area contributed by atoms with Gasteiger partial charge in [-0.2, -0.15) is 5.26 Å². The van der Waals surface area contributed by atoms with Crippen LogP contribution in [-0.2, 0) is 0 Å². The summed E-state index contributed by atoms with van der Waals surface area (Å²) >= 11 is 17.8. The summed E-state index contributed by atoms with van der Waals surface area (Å²) in [5.41, 5.74) is 0.698. The minimum atomic E-state index is -0.870. The maximum absolute atomic E-state index is 13.9. The lowest BCUT2D eigenvalue weighted by Crippen LogP contribution is -2.21. The van der Waals surface area contributed by atoms with Crippen molar-refractivity contribution in [3.05, 3.63) is 92.2 Å². The fraction of sp³-hybridized carbons (Fsp3) is 0.0526. The molecule has 0 radical (unpaired) electrons. The number of nitriles is 1. The van der Waals surface area contributed by atoms with Crippen molar-refractivity contribution in [3.63, 3.8) is 0 Å². The van der Waals surface area contributed by atoms with Crippen LogP contribution < -0.4 is 5.11 Å². The van der Waals surface area contributed by atoms with Crippen molar-refractivity contribution < 1.29 is 9.50 Å². The van der Waals surface area contributed by atoms with E-state index in [0.717, 1.165) is 6.07 Å². The summed E-state index contributed by atoms with van der Waals surface area (Å²) in [5, 5.41) is 22.2. The Hall–Kier alpha value is -2.72. The Bertz CT molecular complexity index is 1100. The molecular formula is C19H9Cl3FN4O-. The van der Waals surface area contributed by atoms with E-state index in [0.29, 0.717) is 16.3 Å². The number of aliphatic imine (C=N–C) groups is 1. The topological polar surface area (TPSA) is 85.0 Å². The molecule has 140 valence electrons. The summed E-state index contributed by atoms with van der Waals surface area (Å²) in [6, 6.07) is 9.10. The third-order valence-corrected chi connectivity index (χ3v) is 4.70. The highest BCUT2D eigenvalue weighted by atomic mass is 35.5. The van der Waals surface area contributed by atoms with E-state index in [2.05, 4.69) is 15.0 Å². The summed E-state index contributed by atoms with van der Waals surface area (Å²) in [6.07, 6.45) is 2.70. The summed E-state index contributed by atoms with van der Waals surface area (Å²) in [7, 11) is 0. The third-order valence-electron chi connectivity index (χ3n) is 3.76. The third kappa shape index (κ3) is 4.39. The first-order valence-corrected chi connectivity index (χ1v) is 8.89. The summed E-state index contributed by atoms with van der Waals surface area (Å²) in [5.74, 6) is -1.50. The number of benzene rings is 2. The van der Waals surface area contributed by atoms with Gasteiger partial charge in [0.1, 0.15) is 23.1 Å². The average Bonchev–Trinajstić information content (AvgIpc) is 2.69. The van der Waals surface area contributed by atoms with E-state index in [1.165, 1.54) is 24.5 Å². The molecule has 5 nitrogen and oxygen atoms in total. The Labute approximate surface area is 174 Å². The Morgan fingerprint density at radius 1 is 1.07 bits per heavy atom. The largest absolute Gasteiger partial charge is 0.858 e. The second-order valence-electron chi connectivity index (χ2n) is 5.58. The van der Waals surface area contributed by atoms with E-state index in [9.17, 15) is 9.50 Å². The Morgan fingerprint density at radius 2 is 1.86 bits per heavy atom. The number of hydrogen-bond acceptors (Lipinski definition) is 5. The van der Waals surface area contributed by atoms with Crippen molar-refractivity contribution in [2.45, 2.75) is 6.04 Å². The van der Waals surface area contributed by atoms with Crippen LogP contribution in [0, 0.1) is 17.1 Å². The fourth-order valence-corrected chi connectivity index (χ4v) is 2.79. The van der Waals surface area contributed by atoms with E-state index >= 15 is 0 Å². The van der Waals surface area contributed by atoms with Gasteiger partial charge in [-0.25, -0.2) is 9.37 Å². The number of rotatable bonds is 4. The Morgan fingerprint density at radius 3 is 2.46 bits per heavy atom. The van der Waals surface area contributed by atoms with Crippen molar-refractivity contribution in [3.8, 4) is 6.07 Å². The van der Waals surface area contributed by atoms with Crippen LogP contribution in [0.4, 0.5) is 4.39 Å². The smallest absolute Gasteiger partial charge is 0.147 e. The van der Waals surface area contributed by atoms with Crippen LogP contribution >= 0.6 is 34.8 Å². The van der Waals surface area contributed by atoms with Crippen LogP contribution in [0.3, 0.4) is 0 Å². The first-order chi connectivity index (χ1) is 13.4. The Kier molecular flexibility index (Phi) is 6.10. The molecule has 0 fully saturated rings. The molecule has 0 saturated heterocycles. The quantitative estimate of drug-likeness (QED) is 0.451. The van der Waals surface area contributed by atoms with Gasteiger partial charge in [-0.3, -0.25) is 9.98 Å². The van der Waals surface area contributed by atoms with Crippen LogP contribution in [0.15, 0.2) is 53.8 Å². The molecule has 28 heavy (non-hydrogen) atoms. The zero-order valence-electron chi connectivity index (χ0n) is 13.9. The number of aromatic nitrogens is 2. The minimum absolute atomic E-state index is 0.0107. The zero-order valence-corrected chi connectivity index (χ0v) is 16.2. The maximum Gasteiger partial charge on any atom is 0.147 e. The van der Waals surface area contributed by atoms with Crippen molar-refractivity contribution in [1.82, 2.24) is 9.97 Å². The second kappa shape index (κ2) is 8.53. The van der Waals surface area contributed by atoms with Crippen LogP contribution in [0.25, 0.3) is 0 Å². The highest BCUT2D eigenvalue weighted by Gasteiger charge is 2.17. The number of nitrogens with zero attached hydrogens (tertiary/aromatic N) is 4. The van der Waals surface area contributed by atoms with Gasteiger partial charge < -0.3 is 5.11 Å². The molecule has 0 amide bonds. The van der Waals surface area contributed by atoms with Gasteiger partial charge in [-0.15, -0.1) is 0 Å². The monoisotopic (exact) mass is 433 g/mol. The lowest BCUT2D eigenvalue weighted by Gasteiger charge is -2.19. The van der Waals surface area contributed by atoms with Gasteiger partial charge >= 0.3 is 0 Å². The van der Waals surface area contributed by atoms with E-state index in [-0.39, 0.29) is 21.3 Å². The van der Waals surface area contributed by atoms with Crippen LogP contribution in [0.5, 0.6) is 0 Å². The fourth-order valence-electron chi connectivity index (χ4n) is 2.39. The molecule has 1 heterocycles. The lowest BCUT2D eigenvalue weighted by molar-refractivity contribution is -0.213. The molecule has 1 atom stereocenters. The van der Waals surface area contributed by atoms with Gasteiger partial charge in [-0.05, 0) is 41.3 Å². The predicted octanol–water partition coefficient (Wildman–Crippen LogP) is 4.34. The maximum atomic E-state index is 13.9. The molecule has 0 aliphatic carbocycles. The van der Waals surface area contributed by atoms with Gasteiger partial charge in [-0.1, -0.05) is 46.9 Å². The minimum Gasteiger partial charge on any atom is -0.858 e. The highest BCUT2D eigenvalue weighted by molar-refractivity contribution is 6.42. The Balaban J connectivity index is 2.09. The van der Waals surface area contributed by atoms with Gasteiger partial charge in [0.2, 0.25) is 0 Å². The summed E-state index contributed by atoms with van der Waals surface area (Å²) < 4.78 is 13.9. The van der Waals surface area contributed by atoms with Gasteiger partial charge in [0.25, 0.3) is 0 Å². The van der Waals surface area contributed by atoms with Crippen LogP contribution in [-0.4, -0.2) is 15.9 Å². The van der Waals surface area contributed by atoms with Crippen molar-refractivity contribution >= 4 is 40.7 Å². The van der Waals surface area contributed by atoms with Gasteiger partial charge in [0.15, 0.2) is 0 Å². The molecule has 0 N–H and O–H groups in total. The second-order valence-corrected chi connectivity index (χ2v) is 6.78. The van der Waals surface area contributed by atoms with Gasteiger partial charge in [0, 0.05) is 0 Å². The molecule has 0 saturated carbocycles. The van der Waals surface area contributed by atoms with Crippen molar-refractivity contribution in [2.75, 3.05) is 0 Å². The molecule has 3 aromatic rings. The molecule has 0 aliphatic heterocycles. The first kappa shape index (κ1) is 20.0. The van der Waals surface area contributed by atoms with Crippen LogP contribution in [0.2, 0.25) is 15.2 Å². The molecule has 9 heteroatoms. The van der Waals surface area contributed by atoms with E-state index in [4.69, 9.17) is 40.1 Å². The number of hydrogen-bond donors (Lipinski definition) is 0. The highest BCUT2D eigenvalue weighted by Crippen LogP contribution is 2.31. The zero-order chi connectivity index (χ0) is 20.3. The molecule has 2 aromatic carbocycles. The lowest BCUT2D eigenvalue weighted by atomic mass is 10.0. The number of halogens is 4. The molecule has 1 unspecified atom stereocenters. The van der Waals surface area contributed by atoms with Crippen LogP contribution in [0.1, 0.15) is 28.4 Å². The summed E-state index contributed by atoms with van der Waals surface area (Å²) in [4.78, 5) is 12.3. The standard InChI is InChI=1S/C19H10Cl3FN4O/c20-13-4-3-10(5-14(13)21)18(16-8-26-17(22)9-25-16)27-19(28)11-1-2-12(7-24)15(23)6-11/h1-6,8-9,18H,(H,27,28)/p-1. The molecular weight excluding hydrogens is 426 g/mol.